The van der Waals surface area contributed by atoms with Crippen molar-refractivity contribution >= 4 is 11.9 Å². The maximum atomic E-state index is 12.8. The van der Waals surface area contributed by atoms with E-state index in [2.05, 4.69) is 10.6 Å². The predicted molar refractivity (Wildman–Crippen MR) is 102 cm³/mol. The van der Waals surface area contributed by atoms with Crippen LogP contribution in [-0.4, -0.2) is 42.1 Å². The van der Waals surface area contributed by atoms with Gasteiger partial charge < -0.3 is 10.1 Å². The van der Waals surface area contributed by atoms with Gasteiger partial charge in [-0.1, -0.05) is 60.7 Å². The number of nitrogens with zero attached hydrogens (tertiary/aromatic N) is 1. The Morgan fingerprint density at radius 1 is 1.07 bits per heavy atom. The first-order valence-corrected chi connectivity index (χ1v) is 9.20. The van der Waals surface area contributed by atoms with Crippen LogP contribution < -0.4 is 10.6 Å². The van der Waals surface area contributed by atoms with E-state index in [1.54, 1.807) is 6.92 Å². The van der Waals surface area contributed by atoms with E-state index in [0.717, 1.165) is 11.1 Å². The Kier molecular flexibility index (Phi) is 6.57. The van der Waals surface area contributed by atoms with Gasteiger partial charge in [0.1, 0.15) is 6.04 Å². The molecule has 2 unspecified atom stereocenters. The number of hydrogen-bond acceptors (Lipinski definition) is 5. The van der Waals surface area contributed by atoms with Crippen molar-refractivity contribution in [2.24, 2.45) is 0 Å². The molecule has 2 N–H and O–H groups in total. The quantitative estimate of drug-likeness (QED) is 0.729. The maximum Gasteiger partial charge on any atom is 0.338 e. The second-order valence-corrected chi connectivity index (χ2v) is 6.44. The molecule has 142 valence electrons. The fourth-order valence-electron chi connectivity index (χ4n) is 3.22. The predicted octanol–water partition coefficient (Wildman–Crippen LogP) is 1.67. The fourth-order valence-corrected chi connectivity index (χ4v) is 3.22. The molecule has 1 aliphatic rings. The third-order valence-electron chi connectivity index (χ3n) is 4.57. The summed E-state index contributed by atoms with van der Waals surface area (Å²) in [5, 5.41) is 6.11. The zero-order valence-corrected chi connectivity index (χ0v) is 15.4. The molecule has 0 radical (unpaired) electrons. The Hall–Kier alpha value is -2.70. The molecule has 0 aliphatic carbocycles. The van der Waals surface area contributed by atoms with Crippen LogP contribution in [0.3, 0.4) is 0 Å². The average Bonchev–Trinajstić information content (AvgIpc) is 3.11. The van der Waals surface area contributed by atoms with Gasteiger partial charge >= 0.3 is 5.97 Å². The maximum absolute atomic E-state index is 12.8. The minimum absolute atomic E-state index is 0.103. The number of ether oxygens (including phenoxy) is 1. The molecule has 6 heteroatoms. The normalized spacial score (nSPS) is 19.6. The molecule has 1 heterocycles. The molecule has 2 aromatic carbocycles. The fraction of sp³-hybridized carbons (Fsp3) is 0.333. The molecular weight excluding hydrogens is 342 g/mol. The van der Waals surface area contributed by atoms with Crippen molar-refractivity contribution in [3.05, 3.63) is 71.8 Å². The summed E-state index contributed by atoms with van der Waals surface area (Å²) in [6.45, 7) is 3.43. The number of benzene rings is 2. The summed E-state index contributed by atoms with van der Waals surface area (Å²) in [6.07, 6.45) is -0.627. The lowest BCUT2D eigenvalue weighted by Gasteiger charge is -2.27. The molecule has 3 rings (SSSR count). The number of esters is 1. The van der Waals surface area contributed by atoms with E-state index in [9.17, 15) is 9.59 Å². The van der Waals surface area contributed by atoms with Gasteiger partial charge in [-0.05, 0) is 18.1 Å². The van der Waals surface area contributed by atoms with E-state index < -0.39 is 12.2 Å². The molecule has 6 nitrogen and oxygen atoms in total. The van der Waals surface area contributed by atoms with E-state index in [4.69, 9.17) is 4.74 Å². The van der Waals surface area contributed by atoms with E-state index in [1.165, 1.54) is 0 Å². The smallest absolute Gasteiger partial charge is 0.338 e. The Bertz CT molecular complexity index is 752. The van der Waals surface area contributed by atoms with Crippen molar-refractivity contribution in [2.45, 2.75) is 32.2 Å². The van der Waals surface area contributed by atoms with Gasteiger partial charge in [0.2, 0.25) is 5.91 Å². The molecule has 0 bridgehead atoms. The Balaban J connectivity index is 1.71. The number of rotatable bonds is 7. The summed E-state index contributed by atoms with van der Waals surface area (Å²) in [7, 11) is 0. The monoisotopic (exact) mass is 367 g/mol. The third-order valence-corrected chi connectivity index (χ3v) is 4.57. The largest absolute Gasteiger partial charge is 0.464 e. The topological polar surface area (TPSA) is 70.7 Å². The van der Waals surface area contributed by atoms with Crippen LogP contribution in [0.25, 0.3) is 0 Å². The first-order valence-electron chi connectivity index (χ1n) is 9.20. The highest BCUT2D eigenvalue weighted by molar-refractivity contribution is 5.85. The summed E-state index contributed by atoms with van der Waals surface area (Å²) in [5.41, 5.74) is 2.07. The van der Waals surface area contributed by atoms with E-state index in [-0.39, 0.29) is 11.9 Å². The second-order valence-electron chi connectivity index (χ2n) is 6.44. The molecule has 1 aliphatic heterocycles. The molecule has 0 aromatic heterocycles. The summed E-state index contributed by atoms with van der Waals surface area (Å²) >= 11 is 0. The lowest BCUT2D eigenvalue weighted by molar-refractivity contribution is -0.150. The van der Waals surface area contributed by atoms with E-state index in [1.807, 2.05) is 65.6 Å². The van der Waals surface area contributed by atoms with Gasteiger partial charge in [-0.3, -0.25) is 15.0 Å². The van der Waals surface area contributed by atoms with Crippen LogP contribution in [0.1, 0.15) is 18.1 Å². The number of amides is 1. The van der Waals surface area contributed by atoms with Gasteiger partial charge in [0.05, 0.1) is 6.61 Å². The summed E-state index contributed by atoms with van der Waals surface area (Å²) < 4.78 is 5.18. The summed E-state index contributed by atoms with van der Waals surface area (Å²) in [6, 6.07) is 19.1. The van der Waals surface area contributed by atoms with Crippen LogP contribution in [0.4, 0.5) is 0 Å². The Morgan fingerprint density at radius 2 is 1.70 bits per heavy atom. The number of carbonyl (C=O) groups excluding carboxylic acids is 2. The lowest BCUT2D eigenvalue weighted by atomic mass is 10.1. The van der Waals surface area contributed by atoms with Gasteiger partial charge in [0.15, 0.2) is 6.17 Å². The molecule has 2 aromatic rings. The van der Waals surface area contributed by atoms with Crippen molar-refractivity contribution < 1.29 is 14.3 Å². The zero-order chi connectivity index (χ0) is 19.1. The number of nitrogens with one attached hydrogen (secondary N) is 2. The van der Waals surface area contributed by atoms with Gasteiger partial charge in [0, 0.05) is 19.6 Å². The highest BCUT2D eigenvalue weighted by atomic mass is 16.5. The average molecular weight is 367 g/mol. The first-order chi connectivity index (χ1) is 13.2. The standard InChI is InChI=1S/C21H25N3O3/c1-2-27-21(26)19-22-14-18(24(19)15-17-11-7-4-8-12-17)20(25)23-13-16-9-5-3-6-10-16/h3-12,18-19,22H,2,13-15H2,1H3,(H,23,25). The number of hydrogen-bond donors (Lipinski definition) is 2. The van der Waals surface area contributed by atoms with Crippen LogP contribution in [0.15, 0.2) is 60.7 Å². The molecule has 1 amide bonds. The SMILES string of the molecule is CCOC(=O)C1NCC(C(=O)NCc2ccccc2)N1Cc1ccccc1. The molecular formula is C21H25N3O3. The highest BCUT2D eigenvalue weighted by Crippen LogP contribution is 2.18. The van der Waals surface area contributed by atoms with Crippen molar-refractivity contribution in [3.8, 4) is 0 Å². The lowest BCUT2D eigenvalue weighted by Crippen LogP contribution is -2.49. The van der Waals surface area contributed by atoms with Crippen LogP contribution in [0.5, 0.6) is 0 Å². The molecule has 0 saturated carbocycles. The zero-order valence-electron chi connectivity index (χ0n) is 15.4. The van der Waals surface area contributed by atoms with Crippen LogP contribution in [0.2, 0.25) is 0 Å². The summed E-state index contributed by atoms with van der Waals surface area (Å²) in [4.78, 5) is 27.0. The molecule has 0 spiro atoms. The molecule has 2 atom stereocenters. The van der Waals surface area contributed by atoms with Crippen molar-refractivity contribution in [1.29, 1.82) is 0 Å². The van der Waals surface area contributed by atoms with Crippen molar-refractivity contribution in [3.63, 3.8) is 0 Å². The minimum Gasteiger partial charge on any atom is -0.464 e. The van der Waals surface area contributed by atoms with Gasteiger partial charge in [-0.15, -0.1) is 0 Å². The van der Waals surface area contributed by atoms with Crippen LogP contribution in [0, 0.1) is 0 Å². The van der Waals surface area contributed by atoms with Gasteiger partial charge in [-0.2, -0.15) is 0 Å². The van der Waals surface area contributed by atoms with Gasteiger partial charge in [0.25, 0.3) is 0 Å². The van der Waals surface area contributed by atoms with Gasteiger partial charge in [-0.25, -0.2) is 4.79 Å². The van der Waals surface area contributed by atoms with Crippen LogP contribution >= 0.6 is 0 Å². The Morgan fingerprint density at radius 3 is 2.33 bits per heavy atom. The first kappa shape index (κ1) is 19.1. The number of carbonyl (C=O) groups is 2. The molecule has 1 fully saturated rings. The highest BCUT2D eigenvalue weighted by Gasteiger charge is 2.41. The Labute approximate surface area is 159 Å². The summed E-state index contributed by atoms with van der Waals surface area (Å²) in [5.74, 6) is -0.458. The second kappa shape index (κ2) is 9.30. The minimum atomic E-state index is -0.627. The van der Waals surface area contributed by atoms with Crippen LogP contribution in [-0.2, 0) is 27.4 Å². The van der Waals surface area contributed by atoms with Crippen molar-refractivity contribution in [2.75, 3.05) is 13.2 Å². The molecule has 1 saturated heterocycles. The molecule has 27 heavy (non-hydrogen) atoms. The van der Waals surface area contributed by atoms with Crippen molar-refractivity contribution in [1.82, 2.24) is 15.5 Å². The third kappa shape index (κ3) is 4.93. The van der Waals surface area contributed by atoms with E-state index >= 15 is 0 Å². The van der Waals surface area contributed by atoms with E-state index in [0.29, 0.717) is 26.2 Å².